The van der Waals surface area contributed by atoms with Gasteiger partial charge in [-0.15, -0.1) is 0 Å². The number of hydrogen-bond donors (Lipinski definition) is 1. The second-order valence-electron chi connectivity index (χ2n) is 5.56. The summed E-state index contributed by atoms with van der Waals surface area (Å²) >= 11 is 0. The van der Waals surface area contributed by atoms with E-state index in [0.29, 0.717) is 26.2 Å². The number of nitrogens with one attached hydrogen (secondary N) is 1. The van der Waals surface area contributed by atoms with Crippen LogP contribution in [0.3, 0.4) is 0 Å². The van der Waals surface area contributed by atoms with Crippen LogP contribution in [0.1, 0.15) is 19.8 Å². The topological polar surface area (TPSA) is 67.9 Å². The Morgan fingerprint density at radius 3 is 2.65 bits per heavy atom. The van der Waals surface area contributed by atoms with Gasteiger partial charge in [0, 0.05) is 19.5 Å². The predicted molar refractivity (Wildman–Crippen MR) is 86.5 cm³/mol. The molecule has 0 aliphatic carbocycles. The standard InChI is InChI=1S/C17H24N2O4/c1-3-8-18-17(21)13-11-16(20)19(12-13)9-10-23-15-6-4-14(22-2)5-7-15/h4-7,13H,3,8-12H2,1-2H3,(H,18,21). The fraction of sp³-hybridized carbons (Fsp3) is 0.529. The molecular weight excluding hydrogens is 296 g/mol. The zero-order chi connectivity index (χ0) is 16.7. The van der Waals surface area contributed by atoms with Gasteiger partial charge in [-0.3, -0.25) is 9.59 Å². The Kier molecular flexibility index (Phi) is 6.26. The van der Waals surface area contributed by atoms with Crippen molar-refractivity contribution >= 4 is 11.8 Å². The average molecular weight is 320 g/mol. The summed E-state index contributed by atoms with van der Waals surface area (Å²) in [5.74, 6) is 1.25. The summed E-state index contributed by atoms with van der Waals surface area (Å²) in [5.41, 5.74) is 0. The number of rotatable bonds is 8. The fourth-order valence-electron chi connectivity index (χ4n) is 2.50. The molecule has 2 amide bonds. The summed E-state index contributed by atoms with van der Waals surface area (Å²) in [6.07, 6.45) is 1.18. The smallest absolute Gasteiger partial charge is 0.225 e. The lowest BCUT2D eigenvalue weighted by Crippen LogP contribution is -2.34. The van der Waals surface area contributed by atoms with Gasteiger partial charge < -0.3 is 19.7 Å². The van der Waals surface area contributed by atoms with Crippen LogP contribution in [-0.4, -0.2) is 50.1 Å². The molecule has 1 N–H and O–H groups in total. The first-order valence-corrected chi connectivity index (χ1v) is 7.96. The van der Waals surface area contributed by atoms with Gasteiger partial charge in [0.15, 0.2) is 0 Å². The van der Waals surface area contributed by atoms with E-state index in [9.17, 15) is 9.59 Å². The molecule has 126 valence electrons. The van der Waals surface area contributed by atoms with Gasteiger partial charge in [-0.05, 0) is 30.7 Å². The normalized spacial score (nSPS) is 17.2. The zero-order valence-corrected chi connectivity index (χ0v) is 13.7. The molecule has 1 aromatic rings. The molecule has 1 aliphatic heterocycles. The van der Waals surface area contributed by atoms with Gasteiger partial charge in [-0.1, -0.05) is 6.92 Å². The molecule has 2 rings (SSSR count). The summed E-state index contributed by atoms with van der Waals surface area (Å²) in [6, 6.07) is 7.30. The predicted octanol–water partition coefficient (Wildman–Crippen LogP) is 1.45. The van der Waals surface area contributed by atoms with Crippen molar-refractivity contribution in [3.8, 4) is 11.5 Å². The van der Waals surface area contributed by atoms with Gasteiger partial charge in [0.25, 0.3) is 0 Å². The molecule has 0 aromatic heterocycles. The van der Waals surface area contributed by atoms with Crippen molar-refractivity contribution in [2.75, 3.05) is 33.4 Å². The van der Waals surface area contributed by atoms with Crippen LogP contribution >= 0.6 is 0 Å². The maximum atomic E-state index is 12.0. The Balaban J connectivity index is 1.75. The molecule has 0 spiro atoms. The van der Waals surface area contributed by atoms with E-state index in [1.807, 2.05) is 31.2 Å². The Bertz CT molecular complexity index is 530. The highest BCUT2D eigenvalue weighted by Gasteiger charge is 2.33. The van der Waals surface area contributed by atoms with Crippen LogP contribution in [0.15, 0.2) is 24.3 Å². The largest absolute Gasteiger partial charge is 0.497 e. The third-order valence-electron chi connectivity index (χ3n) is 3.82. The van der Waals surface area contributed by atoms with Crippen molar-refractivity contribution in [1.82, 2.24) is 10.2 Å². The molecule has 1 aliphatic rings. The van der Waals surface area contributed by atoms with E-state index in [2.05, 4.69) is 5.32 Å². The van der Waals surface area contributed by atoms with Crippen LogP contribution in [0.5, 0.6) is 11.5 Å². The lowest BCUT2D eigenvalue weighted by atomic mass is 10.1. The van der Waals surface area contributed by atoms with Crippen molar-refractivity contribution in [2.24, 2.45) is 5.92 Å². The second kappa shape index (κ2) is 8.41. The van der Waals surface area contributed by atoms with Gasteiger partial charge >= 0.3 is 0 Å². The molecule has 0 bridgehead atoms. The molecule has 1 aromatic carbocycles. The van der Waals surface area contributed by atoms with Crippen LogP contribution in [-0.2, 0) is 9.59 Å². The van der Waals surface area contributed by atoms with Crippen LogP contribution in [0.4, 0.5) is 0 Å². The van der Waals surface area contributed by atoms with E-state index >= 15 is 0 Å². The van der Waals surface area contributed by atoms with E-state index in [1.54, 1.807) is 12.0 Å². The number of carbonyl (C=O) groups excluding carboxylic acids is 2. The highest BCUT2D eigenvalue weighted by atomic mass is 16.5. The lowest BCUT2D eigenvalue weighted by Gasteiger charge is -2.17. The monoisotopic (exact) mass is 320 g/mol. The number of benzene rings is 1. The van der Waals surface area contributed by atoms with Crippen molar-refractivity contribution in [3.63, 3.8) is 0 Å². The molecular formula is C17H24N2O4. The van der Waals surface area contributed by atoms with Gasteiger partial charge in [0.05, 0.1) is 19.6 Å². The van der Waals surface area contributed by atoms with Gasteiger partial charge in [0.1, 0.15) is 18.1 Å². The minimum atomic E-state index is -0.241. The third kappa shape index (κ3) is 4.87. The van der Waals surface area contributed by atoms with E-state index in [0.717, 1.165) is 17.9 Å². The highest BCUT2D eigenvalue weighted by Crippen LogP contribution is 2.19. The SMILES string of the molecule is CCCNC(=O)C1CC(=O)N(CCOc2ccc(OC)cc2)C1. The molecule has 6 nitrogen and oxygen atoms in total. The summed E-state index contributed by atoms with van der Waals surface area (Å²) in [5, 5.41) is 2.85. The first kappa shape index (κ1) is 17.1. The fourth-order valence-corrected chi connectivity index (χ4v) is 2.50. The van der Waals surface area contributed by atoms with Crippen molar-refractivity contribution in [2.45, 2.75) is 19.8 Å². The Morgan fingerprint density at radius 1 is 1.30 bits per heavy atom. The van der Waals surface area contributed by atoms with E-state index in [4.69, 9.17) is 9.47 Å². The number of nitrogens with zero attached hydrogens (tertiary/aromatic N) is 1. The number of ether oxygens (including phenoxy) is 2. The molecule has 1 fully saturated rings. The van der Waals surface area contributed by atoms with E-state index in [1.165, 1.54) is 0 Å². The summed E-state index contributed by atoms with van der Waals surface area (Å²) in [4.78, 5) is 25.6. The number of amides is 2. The summed E-state index contributed by atoms with van der Waals surface area (Å²) in [7, 11) is 1.61. The van der Waals surface area contributed by atoms with Crippen molar-refractivity contribution in [1.29, 1.82) is 0 Å². The molecule has 0 radical (unpaired) electrons. The van der Waals surface area contributed by atoms with Crippen LogP contribution in [0.25, 0.3) is 0 Å². The molecule has 1 unspecified atom stereocenters. The number of likely N-dealkylation sites (tertiary alicyclic amines) is 1. The van der Waals surface area contributed by atoms with Crippen molar-refractivity contribution in [3.05, 3.63) is 24.3 Å². The average Bonchev–Trinajstić information content (AvgIpc) is 2.94. The molecule has 0 saturated carbocycles. The molecule has 1 atom stereocenters. The Labute approximate surface area is 136 Å². The number of hydrogen-bond acceptors (Lipinski definition) is 4. The lowest BCUT2D eigenvalue weighted by molar-refractivity contribution is -0.129. The zero-order valence-electron chi connectivity index (χ0n) is 13.7. The minimum absolute atomic E-state index is 0.0139. The molecule has 23 heavy (non-hydrogen) atoms. The number of methoxy groups -OCH3 is 1. The minimum Gasteiger partial charge on any atom is -0.497 e. The van der Waals surface area contributed by atoms with E-state index < -0.39 is 0 Å². The first-order valence-electron chi connectivity index (χ1n) is 7.96. The molecule has 6 heteroatoms. The van der Waals surface area contributed by atoms with Crippen LogP contribution < -0.4 is 14.8 Å². The quantitative estimate of drug-likeness (QED) is 0.787. The summed E-state index contributed by atoms with van der Waals surface area (Å²) in [6.45, 7) is 4.02. The number of carbonyl (C=O) groups is 2. The molecule has 1 heterocycles. The van der Waals surface area contributed by atoms with Crippen LogP contribution in [0, 0.1) is 5.92 Å². The maximum absolute atomic E-state index is 12.0. The first-order chi connectivity index (χ1) is 11.1. The van der Waals surface area contributed by atoms with Gasteiger partial charge in [-0.25, -0.2) is 0 Å². The van der Waals surface area contributed by atoms with Gasteiger partial charge in [-0.2, -0.15) is 0 Å². The van der Waals surface area contributed by atoms with Crippen LogP contribution in [0.2, 0.25) is 0 Å². The maximum Gasteiger partial charge on any atom is 0.225 e. The van der Waals surface area contributed by atoms with E-state index in [-0.39, 0.29) is 24.2 Å². The highest BCUT2D eigenvalue weighted by molar-refractivity contribution is 5.89. The Hall–Kier alpha value is -2.24. The molecule has 1 saturated heterocycles. The second-order valence-corrected chi connectivity index (χ2v) is 5.56. The van der Waals surface area contributed by atoms with Crippen molar-refractivity contribution < 1.29 is 19.1 Å². The van der Waals surface area contributed by atoms with Gasteiger partial charge in [0.2, 0.25) is 11.8 Å². The Morgan fingerprint density at radius 2 is 2.00 bits per heavy atom. The summed E-state index contributed by atoms with van der Waals surface area (Å²) < 4.78 is 10.7. The third-order valence-corrected chi connectivity index (χ3v) is 3.82.